The highest BCUT2D eigenvalue weighted by atomic mass is 16.2. The minimum Gasteiger partial charge on any atom is -0.335 e. The van der Waals surface area contributed by atoms with Crippen molar-refractivity contribution in [3.05, 3.63) is 0 Å². The summed E-state index contributed by atoms with van der Waals surface area (Å²) in [5.74, 6) is 1.27. The molecule has 1 amide bonds. The van der Waals surface area contributed by atoms with Crippen LogP contribution in [0.15, 0.2) is 0 Å². The first-order valence-corrected chi connectivity index (χ1v) is 10.7. The lowest BCUT2D eigenvalue weighted by molar-refractivity contribution is -0.124. The Morgan fingerprint density at radius 1 is 1.23 bits per heavy atom. The first-order chi connectivity index (χ1) is 12.5. The topological polar surface area (TPSA) is 82.2 Å². The maximum atomic E-state index is 12.7. The first kappa shape index (κ1) is 19.6. The van der Waals surface area contributed by atoms with Crippen molar-refractivity contribution < 1.29 is 4.79 Å². The van der Waals surface area contributed by atoms with E-state index in [0.717, 1.165) is 25.3 Å². The molecule has 0 radical (unpaired) electrons. The van der Waals surface area contributed by atoms with Crippen molar-refractivity contribution in [2.24, 2.45) is 17.6 Å². The number of carbonyl (C=O) groups is 1. The summed E-state index contributed by atoms with van der Waals surface area (Å²) >= 11 is 0. The number of hydrogen-bond acceptors (Lipinski definition) is 4. The summed E-state index contributed by atoms with van der Waals surface area (Å²) in [6.07, 6.45) is 12.7. The average molecular weight is 361 g/mol. The Morgan fingerprint density at radius 3 is 2.58 bits per heavy atom. The number of rotatable bonds is 5. The molecule has 2 atom stereocenters. The molecule has 0 aromatic rings. The Balaban J connectivity index is 1.51. The number of hydrogen-bond donors (Lipinski definition) is 2. The Bertz CT molecular complexity index is 517. The Morgan fingerprint density at radius 2 is 1.92 bits per heavy atom. The van der Waals surface area contributed by atoms with E-state index in [1.54, 1.807) is 0 Å². The zero-order valence-electron chi connectivity index (χ0n) is 16.4. The van der Waals surface area contributed by atoms with E-state index < -0.39 is 11.6 Å². The standard InChI is InChI=1S/C21H36N4O/c1-16-7-9-18(10-8-16)25-12-11-21(14-22,15-25)24-20(26)19(23)13-17-5-3-2-4-6-17/h16-19H,2-13,15,23H2,1H3,(H,24,26)/t16-,18+,19?,21?. The fourth-order valence-corrected chi connectivity index (χ4v) is 5.20. The smallest absolute Gasteiger partial charge is 0.238 e. The van der Waals surface area contributed by atoms with Crippen LogP contribution in [-0.4, -0.2) is 41.5 Å². The molecule has 2 unspecified atom stereocenters. The quantitative estimate of drug-likeness (QED) is 0.790. The summed E-state index contributed by atoms with van der Waals surface area (Å²) in [7, 11) is 0. The summed E-state index contributed by atoms with van der Waals surface area (Å²) in [4.78, 5) is 15.1. The molecule has 0 aromatic heterocycles. The summed E-state index contributed by atoms with van der Waals surface area (Å²) in [6.45, 7) is 3.89. The van der Waals surface area contributed by atoms with Crippen molar-refractivity contribution in [3.63, 3.8) is 0 Å². The minimum absolute atomic E-state index is 0.128. The Kier molecular flexibility index (Phi) is 6.58. The molecule has 1 aliphatic heterocycles. The van der Waals surface area contributed by atoms with E-state index in [4.69, 9.17) is 5.73 Å². The highest BCUT2D eigenvalue weighted by Crippen LogP contribution is 2.32. The van der Waals surface area contributed by atoms with Gasteiger partial charge in [0.1, 0.15) is 5.54 Å². The van der Waals surface area contributed by atoms with E-state index in [9.17, 15) is 10.1 Å². The van der Waals surface area contributed by atoms with Gasteiger partial charge < -0.3 is 11.1 Å². The van der Waals surface area contributed by atoms with E-state index in [1.165, 1.54) is 57.8 Å². The number of likely N-dealkylation sites (tertiary alicyclic amines) is 1. The van der Waals surface area contributed by atoms with Crippen LogP contribution in [0.5, 0.6) is 0 Å². The van der Waals surface area contributed by atoms with Gasteiger partial charge in [0.2, 0.25) is 5.91 Å². The lowest BCUT2D eigenvalue weighted by Gasteiger charge is -2.34. The van der Waals surface area contributed by atoms with Gasteiger partial charge in [-0.3, -0.25) is 9.69 Å². The molecule has 146 valence electrons. The average Bonchev–Trinajstić information content (AvgIpc) is 3.07. The molecule has 0 bridgehead atoms. The van der Waals surface area contributed by atoms with E-state index in [-0.39, 0.29) is 5.91 Å². The van der Waals surface area contributed by atoms with Crippen LogP contribution in [0, 0.1) is 23.2 Å². The van der Waals surface area contributed by atoms with E-state index in [1.807, 2.05) is 0 Å². The molecule has 1 heterocycles. The number of nitrogens with zero attached hydrogens (tertiary/aromatic N) is 2. The molecular formula is C21H36N4O. The third kappa shape index (κ3) is 4.78. The number of nitriles is 1. The molecule has 3 rings (SSSR count). The van der Waals surface area contributed by atoms with Gasteiger partial charge in [-0.15, -0.1) is 0 Å². The predicted molar refractivity (Wildman–Crippen MR) is 103 cm³/mol. The van der Waals surface area contributed by atoms with Crippen molar-refractivity contribution in [2.75, 3.05) is 13.1 Å². The maximum Gasteiger partial charge on any atom is 0.238 e. The molecule has 0 aromatic carbocycles. The highest BCUT2D eigenvalue weighted by molar-refractivity contribution is 5.82. The van der Waals surface area contributed by atoms with Crippen LogP contribution in [-0.2, 0) is 4.79 Å². The first-order valence-electron chi connectivity index (χ1n) is 10.7. The van der Waals surface area contributed by atoms with Gasteiger partial charge in [0, 0.05) is 19.1 Å². The molecule has 3 aliphatic rings. The van der Waals surface area contributed by atoms with Gasteiger partial charge in [-0.1, -0.05) is 39.0 Å². The molecule has 0 spiro atoms. The highest BCUT2D eigenvalue weighted by Gasteiger charge is 2.43. The third-order valence-electron chi connectivity index (χ3n) is 7.03. The Hall–Kier alpha value is -1.12. The van der Waals surface area contributed by atoms with E-state index in [2.05, 4.69) is 23.2 Å². The minimum atomic E-state index is -0.746. The van der Waals surface area contributed by atoms with Crippen molar-refractivity contribution in [1.29, 1.82) is 5.26 Å². The molecule has 26 heavy (non-hydrogen) atoms. The summed E-state index contributed by atoms with van der Waals surface area (Å²) in [5.41, 5.74) is 5.45. The second kappa shape index (κ2) is 8.71. The molecule has 3 N–H and O–H groups in total. The summed E-state index contributed by atoms with van der Waals surface area (Å²) in [6, 6.07) is 2.51. The van der Waals surface area contributed by atoms with Crippen molar-refractivity contribution in [2.45, 2.75) is 95.2 Å². The zero-order chi connectivity index (χ0) is 18.6. The zero-order valence-corrected chi connectivity index (χ0v) is 16.4. The molecule has 2 saturated carbocycles. The fraction of sp³-hybridized carbons (Fsp3) is 0.905. The molecule has 5 heteroatoms. The van der Waals surface area contributed by atoms with Crippen LogP contribution in [0.3, 0.4) is 0 Å². The van der Waals surface area contributed by atoms with Crippen LogP contribution in [0.25, 0.3) is 0 Å². The number of nitrogens with one attached hydrogen (secondary N) is 1. The SMILES string of the molecule is C[C@H]1CC[C@@H](N2CCC(C#N)(NC(=O)C(N)CC3CCCCC3)C2)CC1. The van der Waals surface area contributed by atoms with Crippen molar-refractivity contribution >= 4 is 5.91 Å². The predicted octanol–water partition coefficient (Wildman–Crippen LogP) is 2.95. The second-order valence-corrected chi connectivity index (χ2v) is 9.16. The van der Waals surface area contributed by atoms with Gasteiger partial charge >= 0.3 is 0 Å². The van der Waals surface area contributed by atoms with Gasteiger partial charge in [0.05, 0.1) is 12.1 Å². The van der Waals surface area contributed by atoms with Crippen LogP contribution in [0.2, 0.25) is 0 Å². The van der Waals surface area contributed by atoms with Crippen molar-refractivity contribution in [1.82, 2.24) is 10.2 Å². The third-order valence-corrected chi connectivity index (χ3v) is 7.03. The van der Waals surface area contributed by atoms with Crippen LogP contribution >= 0.6 is 0 Å². The summed E-state index contributed by atoms with van der Waals surface area (Å²) in [5, 5.41) is 12.8. The van der Waals surface area contributed by atoms with Crippen LogP contribution < -0.4 is 11.1 Å². The normalized spacial score (nSPS) is 35.0. The lowest BCUT2D eigenvalue weighted by Crippen LogP contribution is -2.55. The Labute approximate surface area is 158 Å². The maximum absolute atomic E-state index is 12.7. The van der Waals surface area contributed by atoms with Gasteiger partial charge in [-0.25, -0.2) is 0 Å². The van der Waals surface area contributed by atoms with Gasteiger partial charge in [-0.2, -0.15) is 5.26 Å². The number of nitrogens with two attached hydrogens (primary N) is 1. The lowest BCUT2D eigenvalue weighted by atomic mass is 9.84. The number of amides is 1. The van der Waals surface area contributed by atoms with E-state index >= 15 is 0 Å². The summed E-state index contributed by atoms with van der Waals surface area (Å²) < 4.78 is 0. The van der Waals surface area contributed by atoms with Crippen LogP contribution in [0.1, 0.15) is 77.6 Å². The van der Waals surface area contributed by atoms with Gasteiger partial charge in [-0.05, 0) is 50.4 Å². The number of carbonyl (C=O) groups excluding carboxylic acids is 1. The molecule has 1 saturated heterocycles. The van der Waals surface area contributed by atoms with Crippen LogP contribution in [0.4, 0.5) is 0 Å². The van der Waals surface area contributed by atoms with Gasteiger partial charge in [0.15, 0.2) is 0 Å². The molecule has 5 nitrogen and oxygen atoms in total. The molecule has 3 fully saturated rings. The fourth-order valence-electron chi connectivity index (χ4n) is 5.20. The van der Waals surface area contributed by atoms with Gasteiger partial charge in [0.25, 0.3) is 0 Å². The monoisotopic (exact) mass is 360 g/mol. The van der Waals surface area contributed by atoms with Crippen molar-refractivity contribution in [3.8, 4) is 6.07 Å². The second-order valence-electron chi connectivity index (χ2n) is 9.16. The largest absolute Gasteiger partial charge is 0.335 e. The molecule has 2 aliphatic carbocycles. The molecular weight excluding hydrogens is 324 g/mol. The van der Waals surface area contributed by atoms with E-state index in [0.29, 0.717) is 18.5 Å².